The minimum atomic E-state index is -0.139. The Morgan fingerprint density at radius 3 is 2.59 bits per heavy atom. The fourth-order valence-corrected chi connectivity index (χ4v) is 4.70. The predicted octanol–water partition coefficient (Wildman–Crippen LogP) is 3.86. The molecule has 9 heteroatoms. The van der Waals surface area contributed by atoms with Crippen molar-refractivity contribution in [1.82, 2.24) is 20.2 Å². The quantitative estimate of drug-likeness (QED) is 0.531. The molecule has 174 valence electrons. The number of piperazine rings is 1. The van der Waals surface area contributed by atoms with E-state index in [2.05, 4.69) is 39.8 Å². The molecule has 1 saturated heterocycles. The molecular weight excluding hydrogens is 452 g/mol. The zero-order chi connectivity index (χ0) is 23.8. The Morgan fingerprint density at radius 1 is 1.12 bits per heavy atom. The van der Waals surface area contributed by atoms with Gasteiger partial charge in [0.25, 0.3) is 5.91 Å². The summed E-state index contributed by atoms with van der Waals surface area (Å²) >= 11 is 6.12. The van der Waals surface area contributed by atoms with E-state index in [0.29, 0.717) is 41.0 Å². The number of aromatic nitrogens is 2. The van der Waals surface area contributed by atoms with Gasteiger partial charge in [-0.15, -0.1) is 0 Å². The van der Waals surface area contributed by atoms with Crippen LogP contribution >= 0.6 is 11.6 Å². The molecule has 3 aromatic rings. The summed E-state index contributed by atoms with van der Waals surface area (Å²) in [4.78, 5) is 36.2. The summed E-state index contributed by atoms with van der Waals surface area (Å²) in [7, 11) is 0. The Bertz CT molecular complexity index is 1250. The van der Waals surface area contributed by atoms with Crippen LogP contribution in [-0.2, 0) is 11.2 Å². The summed E-state index contributed by atoms with van der Waals surface area (Å²) < 4.78 is 0. The molecule has 34 heavy (non-hydrogen) atoms. The molecule has 8 nitrogen and oxygen atoms in total. The first-order valence-corrected chi connectivity index (χ1v) is 11.6. The van der Waals surface area contributed by atoms with E-state index < -0.39 is 0 Å². The van der Waals surface area contributed by atoms with Gasteiger partial charge in [-0.05, 0) is 56.3 Å². The molecule has 1 aromatic heterocycles. The molecule has 2 aromatic carbocycles. The van der Waals surface area contributed by atoms with E-state index in [-0.39, 0.29) is 30.3 Å². The van der Waals surface area contributed by atoms with Crippen molar-refractivity contribution in [3.63, 3.8) is 0 Å². The van der Waals surface area contributed by atoms with Crippen molar-refractivity contribution in [2.75, 3.05) is 23.7 Å². The van der Waals surface area contributed by atoms with Crippen LogP contribution in [0.15, 0.2) is 48.7 Å². The van der Waals surface area contributed by atoms with Crippen LogP contribution in [0.3, 0.4) is 0 Å². The Balaban J connectivity index is 1.36. The van der Waals surface area contributed by atoms with Crippen molar-refractivity contribution in [2.24, 2.45) is 0 Å². The van der Waals surface area contributed by atoms with E-state index in [9.17, 15) is 9.59 Å². The minimum Gasteiger partial charge on any atom is -0.336 e. The highest BCUT2D eigenvalue weighted by Gasteiger charge is 2.25. The number of hydrogen-bond donors (Lipinski definition) is 3. The van der Waals surface area contributed by atoms with E-state index >= 15 is 0 Å². The molecule has 3 heterocycles. The molecule has 2 amide bonds. The van der Waals surface area contributed by atoms with Crippen molar-refractivity contribution in [3.8, 4) is 11.3 Å². The van der Waals surface area contributed by atoms with Crippen molar-refractivity contribution in [2.45, 2.75) is 32.4 Å². The average Bonchev–Trinajstić information content (AvgIpc) is 2.93. The largest absolute Gasteiger partial charge is 0.336 e. The standard InChI is InChI=1S/C25H25ClN6O2/c1-14-12-32(13-15(2)28-14)24(34)16-3-6-19(7-4-16)29-25-27-11-17-9-22(33)30-21-10-18(26)5-8-20(21)23(17)31-25/h3-8,10-11,14-15,28H,9,12-13H2,1-2H3,(H,30,33)(H,27,29,31). The Hall–Kier alpha value is -3.49. The number of carbonyl (C=O) groups is 2. The normalized spacial score (nSPS) is 19.5. The van der Waals surface area contributed by atoms with Crippen molar-refractivity contribution in [3.05, 3.63) is 64.8 Å². The maximum Gasteiger partial charge on any atom is 0.253 e. The molecule has 2 aliphatic rings. The van der Waals surface area contributed by atoms with Crippen LogP contribution < -0.4 is 16.0 Å². The number of amides is 2. The summed E-state index contributed by atoms with van der Waals surface area (Å²) in [5.74, 6) is 0.290. The zero-order valence-corrected chi connectivity index (χ0v) is 19.7. The lowest BCUT2D eigenvalue weighted by atomic mass is 10.1. The zero-order valence-electron chi connectivity index (χ0n) is 18.9. The lowest BCUT2D eigenvalue weighted by Gasteiger charge is -2.36. The van der Waals surface area contributed by atoms with Gasteiger partial charge in [0.1, 0.15) is 0 Å². The van der Waals surface area contributed by atoms with Gasteiger partial charge in [-0.25, -0.2) is 9.97 Å². The number of nitrogens with one attached hydrogen (secondary N) is 3. The minimum absolute atomic E-state index is 0.0282. The number of anilines is 3. The number of halogens is 1. The fourth-order valence-electron chi connectivity index (χ4n) is 4.52. The van der Waals surface area contributed by atoms with Gasteiger partial charge in [0.05, 0.1) is 17.8 Å². The summed E-state index contributed by atoms with van der Waals surface area (Å²) in [6.45, 7) is 5.55. The molecule has 0 radical (unpaired) electrons. The fraction of sp³-hybridized carbons (Fsp3) is 0.280. The first kappa shape index (κ1) is 22.3. The van der Waals surface area contributed by atoms with Crippen LogP contribution in [0.4, 0.5) is 17.3 Å². The average molecular weight is 477 g/mol. The van der Waals surface area contributed by atoms with Crippen LogP contribution in [0.5, 0.6) is 0 Å². The van der Waals surface area contributed by atoms with E-state index in [1.165, 1.54) is 0 Å². The maximum absolute atomic E-state index is 12.9. The van der Waals surface area contributed by atoms with Gasteiger partial charge in [0, 0.05) is 58.8 Å². The molecule has 0 bridgehead atoms. The molecule has 2 unspecified atom stereocenters. The summed E-state index contributed by atoms with van der Waals surface area (Å²) in [6, 6.07) is 13.2. The number of hydrogen-bond acceptors (Lipinski definition) is 6. The molecular formula is C25H25ClN6O2. The Kier molecular flexibility index (Phi) is 5.93. The van der Waals surface area contributed by atoms with E-state index in [0.717, 1.165) is 16.8 Å². The van der Waals surface area contributed by atoms with Crippen LogP contribution in [0.1, 0.15) is 29.8 Å². The highest BCUT2D eigenvalue weighted by Crippen LogP contribution is 2.34. The maximum atomic E-state index is 12.9. The summed E-state index contributed by atoms with van der Waals surface area (Å²) in [5.41, 5.74) is 4.24. The topological polar surface area (TPSA) is 99.2 Å². The highest BCUT2D eigenvalue weighted by molar-refractivity contribution is 6.31. The number of fused-ring (bicyclic) bond motifs is 3. The van der Waals surface area contributed by atoms with Crippen molar-refractivity contribution < 1.29 is 9.59 Å². The first-order valence-electron chi connectivity index (χ1n) is 11.2. The molecule has 2 aliphatic heterocycles. The number of carbonyl (C=O) groups excluding carboxylic acids is 2. The van der Waals surface area contributed by atoms with E-state index in [4.69, 9.17) is 11.6 Å². The van der Waals surface area contributed by atoms with Gasteiger partial charge in [-0.2, -0.15) is 0 Å². The third-order valence-corrected chi connectivity index (χ3v) is 6.19. The molecule has 2 atom stereocenters. The van der Waals surface area contributed by atoms with E-state index in [1.807, 2.05) is 35.2 Å². The summed E-state index contributed by atoms with van der Waals surface area (Å²) in [5, 5.41) is 10.1. The van der Waals surface area contributed by atoms with Gasteiger partial charge >= 0.3 is 0 Å². The predicted molar refractivity (Wildman–Crippen MR) is 132 cm³/mol. The van der Waals surface area contributed by atoms with Crippen LogP contribution in [0.25, 0.3) is 11.3 Å². The second-order valence-corrected chi connectivity index (χ2v) is 9.30. The molecule has 3 N–H and O–H groups in total. The van der Waals surface area contributed by atoms with Crippen molar-refractivity contribution >= 4 is 40.7 Å². The van der Waals surface area contributed by atoms with Gasteiger partial charge in [-0.1, -0.05) is 11.6 Å². The van der Waals surface area contributed by atoms with Crippen molar-refractivity contribution in [1.29, 1.82) is 0 Å². The van der Waals surface area contributed by atoms with Gasteiger partial charge in [0.2, 0.25) is 11.9 Å². The molecule has 0 spiro atoms. The number of nitrogens with zero attached hydrogens (tertiary/aromatic N) is 3. The van der Waals surface area contributed by atoms with Gasteiger partial charge in [0.15, 0.2) is 0 Å². The second kappa shape index (κ2) is 9.04. The molecule has 5 rings (SSSR count). The van der Waals surface area contributed by atoms with E-state index in [1.54, 1.807) is 18.3 Å². The third-order valence-electron chi connectivity index (χ3n) is 5.96. The highest BCUT2D eigenvalue weighted by atomic mass is 35.5. The van der Waals surface area contributed by atoms with Crippen LogP contribution in [0.2, 0.25) is 5.02 Å². The smallest absolute Gasteiger partial charge is 0.253 e. The SMILES string of the molecule is CC1CN(C(=O)c2ccc(Nc3ncc4c(n3)-c3ccc(Cl)cc3NC(=O)C4)cc2)CC(C)N1. The Labute approximate surface area is 202 Å². The Morgan fingerprint density at radius 2 is 1.85 bits per heavy atom. The lowest BCUT2D eigenvalue weighted by molar-refractivity contribution is -0.115. The summed E-state index contributed by atoms with van der Waals surface area (Å²) in [6.07, 6.45) is 1.85. The molecule has 0 saturated carbocycles. The van der Waals surface area contributed by atoms with Crippen LogP contribution in [0, 0.1) is 0 Å². The second-order valence-electron chi connectivity index (χ2n) is 8.86. The lowest BCUT2D eigenvalue weighted by Crippen LogP contribution is -2.55. The first-order chi connectivity index (χ1) is 16.4. The molecule has 0 aliphatic carbocycles. The number of rotatable bonds is 3. The number of benzene rings is 2. The third kappa shape index (κ3) is 4.60. The van der Waals surface area contributed by atoms with Crippen LogP contribution in [-0.4, -0.2) is 51.9 Å². The van der Waals surface area contributed by atoms with Gasteiger partial charge in [-0.3, -0.25) is 9.59 Å². The van der Waals surface area contributed by atoms with Gasteiger partial charge < -0.3 is 20.9 Å². The molecule has 1 fully saturated rings. The monoisotopic (exact) mass is 476 g/mol.